The van der Waals surface area contributed by atoms with Crippen LogP contribution in [-0.4, -0.2) is 27.0 Å². The molecule has 3 aromatic rings. The van der Waals surface area contributed by atoms with Crippen molar-refractivity contribution in [3.63, 3.8) is 0 Å². The lowest BCUT2D eigenvalue weighted by Gasteiger charge is -2.13. The first-order chi connectivity index (χ1) is 12.0. The smallest absolute Gasteiger partial charge is 0.167 e. The molecule has 1 atom stereocenters. The number of hydrogen-bond donors (Lipinski definition) is 1. The van der Waals surface area contributed by atoms with Gasteiger partial charge in [-0.1, -0.05) is 6.07 Å². The standard InChI is InChI=1S/C20H23N3O2/c1-11-10-16(15-6-5-7-17(25-4)19(15)24)21-20-18(11)12(2)22-23(20)13(3)14-8-9-14/h5-7,10,13-14,24H,8-9H2,1-4H3. The van der Waals surface area contributed by atoms with Crippen LogP contribution in [0.4, 0.5) is 0 Å². The fourth-order valence-corrected chi connectivity index (χ4v) is 3.62. The molecular weight excluding hydrogens is 314 g/mol. The maximum atomic E-state index is 10.5. The number of nitrogens with zero attached hydrogens (tertiary/aromatic N) is 3. The third-order valence-corrected chi connectivity index (χ3v) is 5.22. The van der Waals surface area contributed by atoms with Crippen LogP contribution in [0.3, 0.4) is 0 Å². The molecule has 1 aromatic carbocycles. The molecule has 25 heavy (non-hydrogen) atoms. The van der Waals surface area contributed by atoms with Crippen molar-refractivity contribution in [1.82, 2.24) is 14.8 Å². The van der Waals surface area contributed by atoms with Gasteiger partial charge in [-0.2, -0.15) is 5.10 Å². The van der Waals surface area contributed by atoms with Gasteiger partial charge >= 0.3 is 0 Å². The molecule has 0 radical (unpaired) electrons. The van der Waals surface area contributed by atoms with Gasteiger partial charge in [-0.25, -0.2) is 9.67 Å². The van der Waals surface area contributed by atoms with E-state index in [4.69, 9.17) is 14.8 Å². The van der Waals surface area contributed by atoms with Crippen LogP contribution < -0.4 is 4.74 Å². The van der Waals surface area contributed by atoms with E-state index in [1.165, 1.54) is 12.8 Å². The van der Waals surface area contributed by atoms with E-state index in [1.54, 1.807) is 13.2 Å². The third kappa shape index (κ3) is 2.54. The summed E-state index contributed by atoms with van der Waals surface area (Å²) in [4.78, 5) is 4.88. The highest BCUT2D eigenvalue weighted by molar-refractivity contribution is 5.86. The van der Waals surface area contributed by atoms with E-state index in [9.17, 15) is 5.11 Å². The summed E-state index contributed by atoms with van der Waals surface area (Å²) in [5.41, 5.74) is 4.44. The molecule has 1 aliphatic rings. The monoisotopic (exact) mass is 337 g/mol. The summed E-state index contributed by atoms with van der Waals surface area (Å²) >= 11 is 0. The van der Waals surface area contributed by atoms with Gasteiger partial charge in [-0.3, -0.25) is 0 Å². The van der Waals surface area contributed by atoms with Crippen LogP contribution in [0, 0.1) is 19.8 Å². The van der Waals surface area contributed by atoms with Gasteiger partial charge in [-0.15, -0.1) is 0 Å². The van der Waals surface area contributed by atoms with Crippen molar-refractivity contribution in [2.24, 2.45) is 5.92 Å². The zero-order valence-corrected chi connectivity index (χ0v) is 15.1. The second-order valence-electron chi connectivity index (χ2n) is 6.99. The Morgan fingerprint density at radius 2 is 2.04 bits per heavy atom. The van der Waals surface area contributed by atoms with Crippen molar-refractivity contribution in [3.05, 3.63) is 35.5 Å². The second-order valence-corrected chi connectivity index (χ2v) is 6.99. The van der Waals surface area contributed by atoms with E-state index < -0.39 is 0 Å². The normalized spacial score (nSPS) is 15.5. The van der Waals surface area contributed by atoms with Gasteiger partial charge in [0.25, 0.3) is 0 Å². The largest absolute Gasteiger partial charge is 0.504 e. The fourth-order valence-electron chi connectivity index (χ4n) is 3.62. The molecule has 0 spiro atoms. The molecule has 0 aliphatic heterocycles. The molecule has 1 aliphatic carbocycles. The maximum absolute atomic E-state index is 10.5. The number of methoxy groups -OCH3 is 1. The Bertz CT molecular complexity index is 957. The fraction of sp³-hybridized carbons (Fsp3) is 0.400. The Labute approximate surface area is 147 Å². The summed E-state index contributed by atoms with van der Waals surface area (Å²) in [6.45, 7) is 6.33. The van der Waals surface area contributed by atoms with Crippen LogP contribution in [0.2, 0.25) is 0 Å². The maximum Gasteiger partial charge on any atom is 0.167 e. The molecular formula is C20H23N3O2. The van der Waals surface area contributed by atoms with Gasteiger partial charge in [0.15, 0.2) is 17.1 Å². The zero-order chi connectivity index (χ0) is 17.7. The number of fused-ring (bicyclic) bond motifs is 1. The molecule has 0 bridgehead atoms. The van der Waals surface area contributed by atoms with Crippen molar-refractivity contribution < 1.29 is 9.84 Å². The van der Waals surface area contributed by atoms with E-state index in [1.807, 2.05) is 25.1 Å². The number of benzene rings is 1. The first kappa shape index (κ1) is 15.9. The average molecular weight is 337 g/mol. The van der Waals surface area contributed by atoms with E-state index in [0.29, 0.717) is 23.3 Å². The summed E-state index contributed by atoms with van der Waals surface area (Å²) in [6, 6.07) is 7.83. The molecule has 5 nitrogen and oxygen atoms in total. The van der Waals surface area contributed by atoms with E-state index in [-0.39, 0.29) is 5.75 Å². The lowest BCUT2D eigenvalue weighted by Crippen LogP contribution is -2.10. The Morgan fingerprint density at radius 1 is 1.28 bits per heavy atom. The number of hydrogen-bond acceptors (Lipinski definition) is 4. The van der Waals surface area contributed by atoms with Gasteiger partial charge in [0, 0.05) is 10.9 Å². The minimum atomic E-state index is 0.120. The summed E-state index contributed by atoms with van der Waals surface area (Å²) in [5, 5.41) is 16.4. The van der Waals surface area contributed by atoms with Crippen molar-refractivity contribution >= 4 is 11.0 Å². The molecule has 1 saturated carbocycles. The zero-order valence-electron chi connectivity index (χ0n) is 15.1. The molecule has 2 aromatic heterocycles. The quantitative estimate of drug-likeness (QED) is 0.766. The molecule has 0 saturated heterocycles. The number of phenols is 1. The van der Waals surface area contributed by atoms with Crippen molar-refractivity contribution in [2.45, 2.75) is 39.7 Å². The van der Waals surface area contributed by atoms with Crippen molar-refractivity contribution in [3.8, 4) is 22.8 Å². The van der Waals surface area contributed by atoms with Crippen LogP contribution in [0.25, 0.3) is 22.3 Å². The van der Waals surface area contributed by atoms with Crippen LogP contribution in [0.15, 0.2) is 24.3 Å². The highest BCUT2D eigenvalue weighted by atomic mass is 16.5. The minimum Gasteiger partial charge on any atom is -0.504 e. The van der Waals surface area contributed by atoms with Gasteiger partial charge in [-0.05, 0) is 63.3 Å². The second kappa shape index (κ2) is 5.76. The Morgan fingerprint density at radius 3 is 2.72 bits per heavy atom. The number of para-hydroxylation sites is 1. The van der Waals surface area contributed by atoms with Crippen molar-refractivity contribution in [2.75, 3.05) is 7.11 Å². The number of rotatable bonds is 4. The van der Waals surface area contributed by atoms with Gasteiger partial charge < -0.3 is 9.84 Å². The predicted molar refractivity (Wildman–Crippen MR) is 98.1 cm³/mol. The predicted octanol–water partition coefficient (Wildman–Crippen LogP) is 4.40. The third-order valence-electron chi connectivity index (χ3n) is 5.22. The Balaban J connectivity index is 1.93. The number of aryl methyl sites for hydroxylation is 2. The summed E-state index contributed by atoms with van der Waals surface area (Å²) in [7, 11) is 1.55. The Kier molecular flexibility index (Phi) is 3.67. The van der Waals surface area contributed by atoms with Crippen LogP contribution >= 0.6 is 0 Å². The van der Waals surface area contributed by atoms with Crippen LogP contribution in [0.1, 0.15) is 37.1 Å². The first-order valence-corrected chi connectivity index (χ1v) is 8.74. The summed E-state index contributed by atoms with van der Waals surface area (Å²) in [5.74, 6) is 1.26. The molecule has 5 heteroatoms. The molecule has 130 valence electrons. The molecule has 1 fully saturated rings. The highest BCUT2D eigenvalue weighted by Gasteiger charge is 2.31. The molecule has 2 heterocycles. The van der Waals surface area contributed by atoms with Crippen LogP contribution in [0.5, 0.6) is 11.5 Å². The topological polar surface area (TPSA) is 60.2 Å². The van der Waals surface area contributed by atoms with Crippen molar-refractivity contribution in [1.29, 1.82) is 0 Å². The molecule has 4 rings (SSSR count). The van der Waals surface area contributed by atoms with Gasteiger partial charge in [0.2, 0.25) is 0 Å². The first-order valence-electron chi connectivity index (χ1n) is 8.74. The van der Waals surface area contributed by atoms with E-state index in [2.05, 4.69) is 18.5 Å². The lowest BCUT2D eigenvalue weighted by molar-refractivity contribution is 0.374. The summed E-state index contributed by atoms with van der Waals surface area (Å²) in [6.07, 6.45) is 2.52. The average Bonchev–Trinajstić information content (AvgIpc) is 3.38. The highest BCUT2D eigenvalue weighted by Crippen LogP contribution is 2.42. The Hall–Kier alpha value is -2.56. The molecule has 0 amide bonds. The number of pyridine rings is 1. The molecule has 1 unspecified atom stereocenters. The van der Waals surface area contributed by atoms with Gasteiger partial charge in [0.1, 0.15) is 0 Å². The lowest BCUT2D eigenvalue weighted by atomic mass is 10.1. The van der Waals surface area contributed by atoms with E-state index in [0.717, 1.165) is 28.0 Å². The van der Waals surface area contributed by atoms with Crippen LogP contribution in [-0.2, 0) is 0 Å². The minimum absolute atomic E-state index is 0.120. The number of ether oxygens (including phenoxy) is 1. The number of phenolic OH excluding ortho intramolecular Hbond substituents is 1. The summed E-state index contributed by atoms with van der Waals surface area (Å²) < 4.78 is 7.30. The van der Waals surface area contributed by atoms with Gasteiger partial charge in [0.05, 0.1) is 24.5 Å². The number of aromatic nitrogens is 3. The van der Waals surface area contributed by atoms with E-state index >= 15 is 0 Å². The molecule has 1 N–H and O–H groups in total. The SMILES string of the molecule is COc1cccc(-c2cc(C)c3c(C)nn(C(C)C4CC4)c3n2)c1O. The number of aromatic hydroxyl groups is 1.